The highest BCUT2D eigenvalue weighted by Gasteiger charge is 2.58. The monoisotopic (exact) mass is 569 g/mol. The van der Waals surface area contributed by atoms with E-state index in [0.717, 1.165) is 5.56 Å². The highest BCUT2D eigenvalue weighted by Crippen LogP contribution is 2.52. The lowest BCUT2D eigenvalue weighted by Crippen LogP contribution is -2.47. The molecule has 0 radical (unpaired) electrons. The largest absolute Gasteiger partial charge is 0.309 e. The quantitative estimate of drug-likeness (QED) is 0.319. The second-order valence-electron chi connectivity index (χ2n) is 9.39. The van der Waals surface area contributed by atoms with Gasteiger partial charge in [0.1, 0.15) is 16.9 Å². The van der Waals surface area contributed by atoms with E-state index in [0.29, 0.717) is 38.4 Å². The average Bonchev–Trinajstić information content (AvgIpc) is 3.40. The molecule has 0 fully saturated rings. The summed E-state index contributed by atoms with van der Waals surface area (Å²) in [6, 6.07) is 16.4. The molecule has 2 aliphatic rings. The Morgan fingerprint density at radius 3 is 2.50 bits per heavy atom. The SMILES string of the molecule is C[C@@H](c1ccc(Cl)cc1)n1nnc2c1NC(=O)C[C@]21C(=O)N(Cc2ccc(Cl)c(F)c2)c2ccc(Cl)cc21. The molecule has 0 saturated heterocycles. The van der Waals surface area contributed by atoms with Crippen LogP contribution < -0.4 is 10.2 Å². The van der Waals surface area contributed by atoms with Crippen molar-refractivity contribution in [2.75, 3.05) is 10.2 Å². The first kappa shape index (κ1) is 24.9. The van der Waals surface area contributed by atoms with E-state index in [2.05, 4.69) is 15.6 Å². The number of hydrogen-bond acceptors (Lipinski definition) is 4. The molecule has 3 heterocycles. The van der Waals surface area contributed by atoms with Crippen LogP contribution in [0, 0.1) is 5.82 Å². The van der Waals surface area contributed by atoms with Gasteiger partial charge in [-0.3, -0.25) is 9.59 Å². The van der Waals surface area contributed by atoms with Gasteiger partial charge < -0.3 is 10.2 Å². The molecular formula is C27H19Cl3FN5O2. The summed E-state index contributed by atoms with van der Waals surface area (Å²) in [6.07, 6.45) is -0.175. The molecule has 0 aliphatic carbocycles. The molecule has 4 aromatic rings. The van der Waals surface area contributed by atoms with Crippen LogP contribution >= 0.6 is 34.8 Å². The molecular weight excluding hydrogens is 552 g/mol. The van der Waals surface area contributed by atoms with E-state index in [1.807, 2.05) is 19.1 Å². The van der Waals surface area contributed by atoms with Crippen LogP contribution in [-0.2, 0) is 21.5 Å². The number of nitrogens with zero attached hydrogens (tertiary/aromatic N) is 4. The third kappa shape index (κ3) is 3.78. The summed E-state index contributed by atoms with van der Waals surface area (Å²) in [7, 11) is 0. The van der Waals surface area contributed by atoms with E-state index in [9.17, 15) is 14.0 Å². The smallest absolute Gasteiger partial charge is 0.244 e. The van der Waals surface area contributed by atoms with Crippen molar-refractivity contribution in [2.45, 2.75) is 31.3 Å². The molecule has 192 valence electrons. The molecule has 0 bridgehead atoms. The number of carbonyl (C=O) groups excluding carboxylic acids is 2. The van der Waals surface area contributed by atoms with Gasteiger partial charge in [-0.05, 0) is 66.1 Å². The molecule has 1 aromatic heterocycles. The number of fused-ring (bicyclic) bond motifs is 4. The molecule has 2 atom stereocenters. The number of aromatic nitrogens is 3. The van der Waals surface area contributed by atoms with E-state index < -0.39 is 11.2 Å². The summed E-state index contributed by atoms with van der Waals surface area (Å²) in [5.74, 6) is -0.974. The molecule has 2 aliphatic heterocycles. The van der Waals surface area contributed by atoms with E-state index in [-0.39, 0.29) is 35.8 Å². The lowest BCUT2D eigenvalue weighted by molar-refractivity contribution is -0.126. The van der Waals surface area contributed by atoms with Crippen LogP contribution in [0.4, 0.5) is 15.9 Å². The maximum absolute atomic E-state index is 14.3. The van der Waals surface area contributed by atoms with Crippen molar-refractivity contribution in [3.05, 3.63) is 104 Å². The fourth-order valence-electron chi connectivity index (χ4n) is 5.27. The van der Waals surface area contributed by atoms with Gasteiger partial charge in [0.2, 0.25) is 11.8 Å². The van der Waals surface area contributed by atoms with Gasteiger partial charge in [-0.25, -0.2) is 9.07 Å². The molecule has 0 saturated carbocycles. The van der Waals surface area contributed by atoms with E-state index in [4.69, 9.17) is 34.8 Å². The average molecular weight is 571 g/mol. The molecule has 1 N–H and O–H groups in total. The molecule has 1 spiro atoms. The van der Waals surface area contributed by atoms with Crippen molar-refractivity contribution in [2.24, 2.45) is 0 Å². The predicted molar refractivity (Wildman–Crippen MR) is 143 cm³/mol. The summed E-state index contributed by atoms with van der Waals surface area (Å²) in [5.41, 5.74) is 1.43. The highest BCUT2D eigenvalue weighted by atomic mass is 35.5. The van der Waals surface area contributed by atoms with Crippen LogP contribution in [0.15, 0.2) is 60.7 Å². The Labute approximate surface area is 232 Å². The number of benzene rings is 3. The van der Waals surface area contributed by atoms with Crippen LogP contribution in [0.25, 0.3) is 0 Å². The van der Waals surface area contributed by atoms with Crippen molar-refractivity contribution in [1.29, 1.82) is 0 Å². The van der Waals surface area contributed by atoms with Crippen molar-refractivity contribution in [3.63, 3.8) is 0 Å². The number of carbonyl (C=O) groups is 2. The Kier molecular flexibility index (Phi) is 5.94. The Morgan fingerprint density at radius 2 is 1.76 bits per heavy atom. The lowest BCUT2D eigenvalue weighted by atomic mass is 9.73. The predicted octanol–water partition coefficient (Wildman–Crippen LogP) is 6.16. The van der Waals surface area contributed by atoms with Crippen molar-refractivity contribution in [1.82, 2.24) is 15.0 Å². The van der Waals surface area contributed by atoms with Crippen LogP contribution in [0.3, 0.4) is 0 Å². The topological polar surface area (TPSA) is 80.1 Å². The number of rotatable bonds is 4. The van der Waals surface area contributed by atoms with E-state index in [1.54, 1.807) is 41.1 Å². The summed E-state index contributed by atoms with van der Waals surface area (Å²) in [6.45, 7) is 1.98. The summed E-state index contributed by atoms with van der Waals surface area (Å²) in [5, 5.41) is 12.7. The summed E-state index contributed by atoms with van der Waals surface area (Å²) < 4.78 is 15.8. The second-order valence-corrected chi connectivity index (χ2v) is 10.7. The van der Waals surface area contributed by atoms with Gasteiger partial charge in [-0.2, -0.15) is 0 Å². The molecule has 2 amide bonds. The minimum absolute atomic E-state index is 0.00911. The number of amides is 2. The van der Waals surface area contributed by atoms with Crippen LogP contribution in [0.1, 0.15) is 41.8 Å². The molecule has 0 unspecified atom stereocenters. The van der Waals surface area contributed by atoms with Crippen LogP contribution in [-0.4, -0.2) is 26.8 Å². The van der Waals surface area contributed by atoms with Gasteiger partial charge >= 0.3 is 0 Å². The molecule has 7 nitrogen and oxygen atoms in total. The Bertz CT molecular complexity index is 1620. The zero-order valence-corrected chi connectivity index (χ0v) is 22.2. The maximum Gasteiger partial charge on any atom is 0.244 e. The van der Waals surface area contributed by atoms with Crippen molar-refractivity contribution in [3.8, 4) is 0 Å². The molecule has 38 heavy (non-hydrogen) atoms. The first-order valence-corrected chi connectivity index (χ1v) is 12.9. The van der Waals surface area contributed by atoms with E-state index in [1.165, 1.54) is 17.0 Å². The summed E-state index contributed by atoms with van der Waals surface area (Å²) in [4.78, 5) is 29.0. The fourth-order valence-corrected chi connectivity index (χ4v) is 5.69. The highest BCUT2D eigenvalue weighted by molar-refractivity contribution is 6.31. The van der Waals surface area contributed by atoms with Gasteiger partial charge in [0.15, 0.2) is 5.82 Å². The Hall–Kier alpha value is -3.46. The third-order valence-electron chi connectivity index (χ3n) is 7.15. The molecule has 11 heteroatoms. The molecule has 6 rings (SSSR count). The van der Waals surface area contributed by atoms with Crippen LogP contribution in [0.5, 0.6) is 0 Å². The molecule has 3 aromatic carbocycles. The first-order chi connectivity index (χ1) is 18.2. The minimum Gasteiger partial charge on any atom is -0.309 e. The van der Waals surface area contributed by atoms with E-state index >= 15 is 0 Å². The zero-order chi connectivity index (χ0) is 26.8. The standard InChI is InChI=1S/C27H19Cl3FN5O2/c1-14(16-3-5-17(28)6-4-16)36-25-24(33-34-36)27(12-23(37)32-25)19-11-18(29)7-9-22(19)35(26(27)38)13-15-2-8-20(30)21(31)10-15/h2-11,14H,12-13H2,1H3,(H,32,37)/t14-,27+/m0/s1. The summed E-state index contributed by atoms with van der Waals surface area (Å²) >= 11 is 18.3. The van der Waals surface area contributed by atoms with Gasteiger partial charge in [0.05, 0.1) is 24.0 Å². The number of hydrogen-bond donors (Lipinski definition) is 1. The van der Waals surface area contributed by atoms with Gasteiger partial charge in [0, 0.05) is 15.7 Å². The normalized spacial score (nSPS) is 18.9. The number of nitrogens with one attached hydrogen (secondary N) is 1. The van der Waals surface area contributed by atoms with Gasteiger partial charge in [-0.1, -0.05) is 58.2 Å². The second kappa shape index (κ2) is 9.08. The van der Waals surface area contributed by atoms with Gasteiger partial charge in [0.25, 0.3) is 0 Å². The van der Waals surface area contributed by atoms with Crippen molar-refractivity contribution >= 4 is 58.1 Å². The minimum atomic E-state index is -1.44. The van der Waals surface area contributed by atoms with Gasteiger partial charge in [-0.15, -0.1) is 5.10 Å². The maximum atomic E-state index is 14.3. The van der Waals surface area contributed by atoms with Crippen molar-refractivity contribution < 1.29 is 14.0 Å². The first-order valence-electron chi connectivity index (χ1n) is 11.8. The van der Waals surface area contributed by atoms with Crippen LogP contribution in [0.2, 0.25) is 15.1 Å². The number of anilines is 2. The zero-order valence-electron chi connectivity index (χ0n) is 19.9. The Balaban J connectivity index is 1.49. The number of halogens is 4. The lowest BCUT2D eigenvalue weighted by Gasteiger charge is -2.31. The Morgan fingerprint density at radius 1 is 1.03 bits per heavy atom. The fraction of sp³-hybridized carbons (Fsp3) is 0.185. The third-order valence-corrected chi connectivity index (χ3v) is 7.94.